The molecule has 2 aliphatic rings. The van der Waals surface area contributed by atoms with Gasteiger partial charge < -0.3 is 18.9 Å². The van der Waals surface area contributed by atoms with Gasteiger partial charge in [-0.3, -0.25) is 0 Å². The Morgan fingerprint density at radius 1 is 1.09 bits per heavy atom. The third-order valence-electron chi connectivity index (χ3n) is 5.06. The Morgan fingerprint density at radius 3 is 2.18 bits per heavy atom. The maximum Gasteiger partial charge on any atom is 0.494 e. The van der Waals surface area contributed by atoms with Crippen LogP contribution in [0.1, 0.15) is 34.1 Å². The molecule has 0 amide bonds. The van der Waals surface area contributed by atoms with Gasteiger partial charge in [-0.15, -0.1) is 0 Å². The summed E-state index contributed by atoms with van der Waals surface area (Å²) < 4.78 is 18.2. The van der Waals surface area contributed by atoms with Gasteiger partial charge in [0.05, 0.1) is 11.2 Å². The fourth-order valence-electron chi connectivity index (χ4n) is 2.87. The molecule has 0 spiro atoms. The van der Waals surface area contributed by atoms with Crippen LogP contribution in [0.5, 0.6) is 5.75 Å². The van der Waals surface area contributed by atoms with E-state index in [1.807, 2.05) is 24.3 Å². The fraction of sp³-hybridized carbons (Fsp3) is 0.647. The molecule has 0 N–H and O–H groups in total. The largest absolute Gasteiger partial charge is 0.494 e. The van der Waals surface area contributed by atoms with Crippen LogP contribution < -0.4 is 10.2 Å². The van der Waals surface area contributed by atoms with Crippen LogP contribution >= 0.6 is 0 Å². The van der Waals surface area contributed by atoms with Crippen molar-refractivity contribution in [3.63, 3.8) is 0 Å². The van der Waals surface area contributed by atoms with Gasteiger partial charge in [-0.2, -0.15) is 0 Å². The summed E-state index contributed by atoms with van der Waals surface area (Å²) in [5.74, 6) is 0.917. The van der Waals surface area contributed by atoms with Crippen LogP contribution in [-0.4, -0.2) is 49.5 Å². The van der Waals surface area contributed by atoms with E-state index in [1.165, 1.54) is 0 Å². The summed E-state index contributed by atoms with van der Waals surface area (Å²) in [5, 5.41) is 0. The third-order valence-corrected chi connectivity index (χ3v) is 5.06. The van der Waals surface area contributed by atoms with Crippen molar-refractivity contribution in [2.75, 3.05) is 20.1 Å². The second-order valence-electron chi connectivity index (χ2n) is 7.45. The Labute approximate surface area is 133 Å². The first-order chi connectivity index (χ1) is 10.3. The van der Waals surface area contributed by atoms with E-state index < -0.39 is 0 Å². The molecule has 0 saturated carbocycles. The zero-order valence-corrected chi connectivity index (χ0v) is 14.3. The Morgan fingerprint density at radius 2 is 1.68 bits per heavy atom. The monoisotopic (exact) mass is 303 g/mol. The second kappa shape index (κ2) is 5.55. The highest BCUT2D eigenvalue weighted by Gasteiger charge is 2.51. The zero-order chi connectivity index (χ0) is 16.0. The summed E-state index contributed by atoms with van der Waals surface area (Å²) in [5.41, 5.74) is 0.428. The van der Waals surface area contributed by atoms with Gasteiger partial charge in [-0.1, -0.05) is 12.1 Å². The smallest absolute Gasteiger partial charge is 0.489 e. The lowest BCUT2D eigenvalue weighted by atomic mass is 9.79. The van der Waals surface area contributed by atoms with Gasteiger partial charge in [0, 0.05) is 13.1 Å². The van der Waals surface area contributed by atoms with Crippen LogP contribution in [0.2, 0.25) is 0 Å². The number of likely N-dealkylation sites (N-methyl/N-ethyl adjacent to an activating group) is 1. The molecule has 0 unspecified atom stereocenters. The topological polar surface area (TPSA) is 30.9 Å². The van der Waals surface area contributed by atoms with Crippen LogP contribution in [0.15, 0.2) is 24.3 Å². The first-order valence-electron chi connectivity index (χ1n) is 8.08. The highest BCUT2D eigenvalue weighted by Crippen LogP contribution is 2.36. The van der Waals surface area contributed by atoms with Gasteiger partial charge in [0.1, 0.15) is 11.9 Å². The van der Waals surface area contributed by atoms with Crippen LogP contribution in [0.3, 0.4) is 0 Å². The molecule has 3 rings (SSSR count). The first-order valence-corrected chi connectivity index (χ1v) is 8.08. The van der Waals surface area contributed by atoms with Crippen molar-refractivity contribution in [1.82, 2.24) is 4.90 Å². The van der Waals surface area contributed by atoms with Gasteiger partial charge in [0.15, 0.2) is 0 Å². The SMILES string of the molecule is CN1CC[C@@H](Oc2ccc(B3OC(C)(C)C(C)(C)O3)cc2)C1. The molecule has 0 aromatic heterocycles. The van der Waals surface area contributed by atoms with Gasteiger partial charge >= 0.3 is 7.12 Å². The summed E-state index contributed by atoms with van der Waals surface area (Å²) in [4.78, 5) is 2.30. The molecule has 1 atom stereocenters. The molecule has 0 radical (unpaired) electrons. The molecule has 2 fully saturated rings. The van der Waals surface area contributed by atoms with E-state index >= 15 is 0 Å². The Kier molecular flexibility index (Phi) is 4.00. The van der Waals surface area contributed by atoms with Crippen molar-refractivity contribution in [2.45, 2.75) is 51.4 Å². The summed E-state index contributed by atoms with van der Waals surface area (Å²) >= 11 is 0. The van der Waals surface area contributed by atoms with E-state index in [2.05, 4.69) is 39.6 Å². The van der Waals surface area contributed by atoms with Crippen molar-refractivity contribution >= 4 is 12.6 Å². The fourth-order valence-corrected chi connectivity index (χ4v) is 2.87. The molecular formula is C17H26BNO3. The van der Waals surface area contributed by atoms with Gasteiger partial charge in [-0.25, -0.2) is 0 Å². The number of hydrogen-bond donors (Lipinski definition) is 0. The number of benzene rings is 1. The summed E-state index contributed by atoms with van der Waals surface area (Å²) in [6, 6.07) is 8.10. The number of hydrogen-bond acceptors (Lipinski definition) is 4. The number of nitrogens with zero attached hydrogens (tertiary/aromatic N) is 1. The molecule has 1 aromatic rings. The van der Waals surface area contributed by atoms with Crippen molar-refractivity contribution in [3.05, 3.63) is 24.3 Å². The van der Waals surface area contributed by atoms with E-state index in [9.17, 15) is 0 Å². The Hall–Kier alpha value is -1.04. The molecule has 2 heterocycles. The molecular weight excluding hydrogens is 277 g/mol. The average Bonchev–Trinajstić information content (AvgIpc) is 2.92. The van der Waals surface area contributed by atoms with E-state index in [0.717, 1.165) is 30.7 Å². The van der Waals surface area contributed by atoms with Crippen LogP contribution in [0.25, 0.3) is 0 Å². The Balaban J connectivity index is 1.65. The molecule has 2 aliphatic heterocycles. The highest BCUT2D eigenvalue weighted by molar-refractivity contribution is 6.62. The highest BCUT2D eigenvalue weighted by atomic mass is 16.7. The molecule has 22 heavy (non-hydrogen) atoms. The zero-order valence-electron chi connectivity index (χ0n) is 14.3. The number of likely N-dealkylation sites (tertiary alicyclic amines) is 1. The first kappa shape index (κ1) is 15.8. The maximum atomic E-state index is 6.07. The third kappa shape index (κ3) is 3.03. The lowest BCUT2D eigenvalue weighted by molar-refractivity contribution is 0.00578. The molecule has 2 saturated heterocycles. The standard InChI is InChI=1S/C17H26BNO3/c1-16(2)17(3,4)22-18(21-16)13-6-8-14(9-7-13)20-15-10-11-19(5)12-15/h6-9,15H,10-12H2,1-5H3/t15-/m1/s1. The summed E-state index contributed by atoms with van der Waals surface area (Å²) in [7, 11) is 1.82. The number of rotatable bonds is 3. The summed E-state index contributed by atoms with van der Waals surface area (Å²) in [6.07, 6.45) is 1.39. The molecule has 5 heteroatoms. The predicted molar refractivity (Wildman–Crippen MR) is 88.7 cm³/mol. The average molecular weight is 303 g/mol. The molecule has 0 aliphatic carbocycles. The van der Waals surface area contributed by atoms with E-state index in [-0.39, 0.29) is 18.3 Å². The van der Waals surface area contributed by atoms with E-state index in [4.69, 9.17) is 14.0 Å². The minimum absolute atomic E-state index is 0.299. The van der Waals surface area contributed by atoms with Gasteiger partial charge in [0.25, 0.3) is 0 Å². The minimum atomic E-state index is -0.309. The minimum Gasteiger partial charge on any atom is -0.489 e. The summed E-state index contributed by atoms with van der Waals surface area (Å²) in [6.45, 7) is 10.4. The van der Waals surface area contributed by atoms with Crippen molar-refractivity contribution in [2.24, 2.45) is 0 Å². The number of ether oxygens (including phenoxy) is 1. The maximum absolute atomic E-state index is 6.07. The normalized spacial score (nSPS) is 27.3. The van der Waals surface area contributed by atoms with Crippen LogP contribution in [0.4, 0.5) is 0 Å². The van der Waals surface area contributed by atoms with Crippen LogP contribution in [-0.2, 0) is 9.31 Å². The molecule has 120 valence electrons. The van der Waals surface area contributed by atoms with Crippen molar-refractivity contribution < 1.29 is 14.0 Å². The van der Waals surface area contributed by atoms with E-state index in [1.54, 1.807) is 0 Å². The lowest BCUT2D eigenvalue weighted by Crippen LogP contribution is -2.41. The molecule has 4 nitrogen and oxygen atoms in total. The van der Waals surface area contributed by atoms with Crippen LogP contribution in [0, 0.1) is 0 Å². The molecule has 0 bridgehead atoms. The second-order valence-corrected chi connectivity index (χ2v) is 7.45. The van der Waals surface area contributed by atoms with Crippen molar-refractivity contribution in [1.29, 1.82) is 0 Å². The molecule has 1 aromatic carbocycles. The van der Waals surface area contributed by atoms with Gasteiger partial charge in [0.2, 0.25) is 0 Å². The Bertz CT molecular complexity index is 513. The quantitative estimate of drug-likeness (QED) is 0.800. The van der Waals surface area contributed by atoms with Gasteiger partial charge in [-0.05, 0) is 58.8 Å². The van der Waals surface area contributed by atoms with Crippen molar-refractivity contribution in [3.8, 4) is 5.75 Å². The predicted octanol–water partition coefficient (Wildman–Crippen LogP) is 2.07. The lowest BCUT2D eigenvalue weighted by Gasteiger charge is -2.32. The van der Waals surface area contributed by atoms with E-state index in [0.29, 0.717) is 6.10 Å².